The highest BCUT2D eigenvalue weighted by molar-refractivity contribution is 6.31. The number of fused-ring (bicyclic) bond motifs is 1. The van der Waals surface area contributed by atoms with Gasteiger partial charge in [-0.25, -0.2) is 9.50 Å². The monoisotopic (exact) mass is 195 g/mol. The Hall–Kier alpha value is -1.09. The SMILES string of the molecule is CC(C)c1cn2ncnc2cc1Cl. The normalized spacial score (nSPS) is 11.4. The van der Waals surface area contributed by atoms with Gasteiger partial charge in [-0.3, -0.25) is 0 Å². The Morgan fingerprint density at radius 1 is 1.46 bits per heavy atom. The summed E-state index contributed by atoms with van der Waals surface area (Å²) in [5, 5.41) is 4.81. The van der Waals surface area contributed by atoms with Crippen molar-refractivity contribution in [2.75, 3.05) is 0 Å². The molecular formula is C9H10ClN3. The molecule has 0 bridgehead atoms. The minimum Gasteiger partial charge on any atom is -0.221 e. The molecule has 3 nitrogen and oxygen atoms in total. The predicted molar refractivity (Wildman–Crippen MR) is 52.1 cm³/mol. The average Bonchev–Trinajstić information content (AvgIpc) is 2.48. The molecule has 68 valence electrons. The minimum atomic E-state index is 0.404. The zero-order valence-electron chi connectivity index (χ0n) is 7.53. The summed E-state index contributed by atoms with van der Waals surface area (Å²) in [6.07, 6.45) is 3.45. The number of nitrogens with zero attached hydrogens (tertiary/aromatic N) is 3. The fourth-order valence-corrected chi connectivity index (χ4v) is 1.64. The van der Waals surface area contributed by atoms with E-state index in [9.17, 15) is 0 Å². The number of pyridine rings is 1. The lowest BCUT2D eigenvalue weighted by Crippen LogP contribution is -1.95. The van der Waals surface area contributed by atoms with Crippen molar-refractivity contribution in [3.63, 3.8) is 0 Å². The molecule has 0 saturated heterocycles. The third-order valence-electron chi connectivity index (χ3n) is 2.02. The Morgan fingerprint density at radius 3 is 2.92 bits per heavy atom. The van der Waals surface area contributed by atoms with Crippen molar-refractivity contribution in [2.24, 2.45) is 0 Å². The van der Waals surface area contributed by atoms with Crippen LogP contribution in [0.4, 0.5) is 0 Å². The third kappa shape index (κ3) is 1.40. The van der Waals surface area contributed by atoms with Crippen molar-refractivity contribution in [2.45, 2.75) is 19.8 Å². The van der Waals surface area contributed by atoms with Crippen molar-refractivity contribution in [3.8, 4) is 0 Å². The fraction of sp³-hybridized carbons (Fsp3) is 0.333. The molecular weight excluding hydrogens is 186 g/mol. The average molecular weight is 196 g/mol. The number of aromatic nitrogens is 3. The van der Waals surface area contributed by atoms with Crippen LogP contribution >= 0.6 is 11.6 Å². The maximum atomic E-state index is 6.07. The van der Waals surface area contributed by atoms with Gasteiger partial charge in [-0.1, -0.05) is 25.4 Å². The Balaban J connectivity index is 2.69. The topological polar surface area (TPSA) is 30.2 Å². The van der Waals surface area contributed by atoms with E-state index in [1.54, 1.807) is 4.52 Å². The fourth-order valence-electron chi connectivity index (χ4n) is 1.28. The lowest BCUT2D eigenvalue weighted by atomic mass is 10.1. The molecule has 0 aliphatic carbocycles. The first-order valence-electron chi connectivity index (χ1n) is 4.17. The molecule has 0 aromatic carbocycles. The van der Waals surface area contributed by atoms with Gasteiger partial charge in [-0.05, 0) is 11.5 Å². The molecule has 13 heavy (non-hydrogen) atoms. The molecule has 2 aromatic rings. The summed E-state index contributed by atoms with van der Waals surface area (Å²) in [6.45, 7) is 4.20. The van der Waals surface area contributed by atoms with Crippen molar-refractivity contribution < 1.29 is 0 Å². The highest BCUT2D eigenvalue weighted by Crippen LogP contribution is 2.24. The molecule has 0 radical (unpaired) electrons. The van der Waals surface area contributed by atoms with Gasteiger partial charge in [-0.2, -0.15) is 5.10 Å². The van der Waals surface area contributed by atoms with Gasteiger partial charge in [0.1, 0.15) is 6.33 Å². The van der Waals surface area contributed by atoms with Crippen LogP contribution in [0.15, 0.2) is 18.6 Å². The van der Waals surface area contributed by atoms with E-state index >= 15 is 0 Å². The van der Waals surface area contributed by atoms with Crippen LogP contribution in [0.25, 0.3) is 5.65 Å². The lowest BCUT2D eigenvalue weighted by Gasteiger charge is -2.07. The van der Waals surface area contributed by atoms with E-state index in [1.165, 1.54) is 6.33 Å². The van der Waals surface area contributed by atoms with Crippen LogP contribution in [0.2, 0.25) is 5.02 Å². The highest BCUT2D eigenvalue weighted by Gasteiger charge is 2.07. The molecule has 0 N–H and O–H groups in total. The standard InChI is InChI=1S/C9H10ClN3/c1-6(2)7-4-13-9(3-8(7)10)11-5-12-13/h3-6H,1-2H3. The second-order valence-electron chi connectivity index (χ2n) is 3.29. The van der Waals surface area contributed by atoms with Gasteiger partial charge < -0.3 is 0 Å². The van der Waals surface area contributed by atoms with Crippen LogP contribution in [0.1, 0.15) is 25.3 Å². The molecule has 0 atom stereocenters. The van der Waals surface area contributed by atoms with Gasteiger partial charge in [0.15, 0.2) is 5.65 Å². The first-order chi connectivity index (χ1) is 6.18. The van der Waals surface area contributed by atoms with Crippen LogP contribution < -0.4 is 0 Å². The molecule has 0 saturated carbocycles. The largest absolute Gasteiger partial charge is 0.221 e. The first-order valence-corrected chi connectivity index (χ1v) is 4.55. The Bertz CT molecular complexity index is 433. The van der Waals surface area contributed by atoms with Crippen molar-refractivity contribution in [1.29, 1.82) is 0 Å². The maximum Gasteiger partial charge on any atom is 0.156 e. The molecule has 0 fully saturated rings. The van der Waals surface area contributed by atoms with E-state index in [1.807, 2.05) is 12.3 Å². The van der Waals surface area contributed by atoms with Gasteiger partial charge in [0.2, 0.25) is 0 Å². The van der Waals surface area contributed by atoms with E-state index in [0.29, 0.717) is 5.92 Å². The third-order valence-corrected chi connectivity index (χ3v) is 2.34. The molecule has 0 amide bonds. The van der Waals surface area contributed by atoms with E-state index in [4.69, 9.17) is 11.6 Å². The Labute approximate surface area is 81.4 Å². The maximum absolute atomic E-state index is 6.07. The van der Waals surface area contributed by atoms with Gasteiger partial charge in [-0.15, -0.1) is 0 Å². The number of hydrogen-bond donors (Lipinski definition) is 0. The summed E-state index contributed by atoms with van der Waals surface area (Å²) in [5.74, 6) is 0.404. The number of rotatable bonds is 1. The smallest absolute Gasteiger partial charge is 0.156 e. The van der Waals surface area contributed by atoms with Gasteiger partial charge in [0.05, 0.1) is 0 Å². The summed E-state index contributed by atoms with van der Waals surface area (Å²) in [7, 11) is 0. The molecule has 4 heteroatoms. The molecule has 2 aromatic heterocycles. The molecule has 0 aliphatic heterocycles. The van der Waals surface area contributed by atoms with Crippen LogP contribution in [-0.2, 0) is 0 Å². The highest BCUT2D eigenvalue weighted by atomic mass is 35.5. The van der Waals surface area contributed by atoms with Crippen LogP contribution in [0.5, 0.6) is 0 Å². The molecule has 0 unspecified atom stereocenters. The van der Waals surface area contributed by atoms with Crippen molar-refractivity contribution in [1.82, 2.24) is 14.6 Å². The van der Waals surface area contributed by atoms with Gasteiger partial charge in [0.25, 0.3) is 0 Å². The summed E-state index contributed by atoms with van der Waals surface area (Å²) >= 11 is 6.07. The van der Waals surface area contributed by atoms with Gasteiger partial charge in [0, 0.05) is 17.3 Å². The molecule has 0 spiro atoms. The zero-order valence-corrected chi connectivity index (χ0v) is 8.28. The Morgan fingerprint density at radius 2 is 2.23 bits per heavy atom. The van der Waals surface area contributed by atoms with Crippen LogP contribution in [-0.4, -0.2) is 14.6 Å². The van der Waals surface area contributed by atoms with E-state index in [2.05, 4.69) is 23.9 Å². The van der Waals surface area contributed by atoms with Crippen molar-refractivity contribution >= 4 is 17.2 Å². The molecule has 2 rings (SSSR count). The van der Waals surface area contributed by atoms with E-state index in [0.717, 1.165) is 16.2 Å². The Kier molecular flexibility index (Phi) is 1.96. The quantitative estimate of drug-likeness (QED) is 0.700. The van der Waals surface area contributed by atoms with E-state index < -0.39 is 0 Å². The summed E-state index contributed by atoms with van der Waals surface area (Å²) in [5.41, 5.74) is 1.88. The van der Waals surface area contributed by atoms with Crippen LogP contribution in [0, 0.1) is 0 Å². The summed E-state index contributed by atoms with van der Waals surface area (Å²) in [4.78, 5) is 4.05. The summed E-state index contributed by atoms with van der Waals surface area (Å²) < 4.78 is 1.74. The zero-order chi connectivity index (χ0) is 9.42. The predicted octanol–water partition coefficient (Wildman–Crippen LogP) is 2.51. The summed E-state index contributed by atoms with van der Waals surface area (Å²) in [6, 6.07) is 1.84. The molecule has 2 heterocycles. The second-order valence-corrected chi connectivity index (χ2v) is 3.70. The van der Waals surface area contributed by atoms with E-state index in [-0.39, 0.29) is 0 Å². The van der Waals surface area contributed by atoms with Crippen LogP contribution in [0.3, 0.4) is 0 Å². The number of hydrogen-bond acceptors (Lipinski definition) is 2. The lowest BCUT2D eigenvalue weighted by molar-refractivity contribution is 0.836. The van der Waals surface area contributed by atoms with Gasteiger partial charge >= 0.3 is 0 Å². The minimum absolute atomic E-state index is 0.404. The first kappa shape index (κ1) is 8.51. The van der Waals surface area contributed by atoms with Crippen molar-refractivity contribution in [3.05, 3.63) is 29.2 Å². The molecule has 0 aliphatic rings. The second kappa shape index (κ2) is 3.00. The number of halogens is 1.